The predicted molar refractivity (Wildman–Crippen MR) is 105 cm³/mol. The number of likely N-dealkylation sites (tertiary alicyclic amines) is 1. The number of benzene rings is 1. The first kappa shape index (κ1) is 18.9. The molecule has 1 atom stereocenters. The molecule has 1 amide bonds. The van der Waals surface area contributed by atoms with Crippen molar-refractivity contribution in [2.75, 3.05) is 20.8 Å². The Hall–Kier alpha value is -3.42. The largest absolute Gasteiger partial charge is 0.497 e. The van der Waals surface area contributed by atoms with Gasteiger partial charge in [0.1, 0.15) is 17.5 Å². The molecular weight excluding hydrogens is 372 g/mol. The highest BCUT2D eigenvalue weighted by Gasteiger charge is 2.34. The Bertz CT molecular complexity index is 989. The Labute approximate surface area is 168 Å². The third kappa shape index (κ3) is 3.78. The second-order valence-electron chi connectivity index (χ2n) is 6.76. The van der Waals surface area contributed by atoms with Crippen molar-refractivity contribution >= 4 is 5.91 Å². The second-order valence-corrected chi connectivity index (χ2v) is 6.76. The van der Waals surface area contributed by atoms with Crippen molar-refractivity contribution in [1.29, 1.82) is 0 Å². The predicted octanol–water partition coefficient (Wildman–Crippen LogP) is 3.52. The molecule has 0 aliphatic carbocycles. The minimum Gasteiger partial charge on any atom is -0.497 e. The summed E-state index contributed by atoms with van der Waals surface area (Å²) in [7, 11) is 3.11. The van der Waals surface area contributed by atoms with Crippen LogP contribution in [0.25, 0.3) is 11.5 Å². The minimum atomic E-state index is -0.287. The highest BCUT2D eigenvalue weighted by Crippen LogP contribution is 2.35. The van der Waals surface area contributed by atoms with Crippen LogP contribution in [0.2, 0.25) is 0 Å². The molecule has 1 unspecified atom stereocenters. The molecule has 0 N–H and O–H groups in total. The zero-order chi connectivity index (χ0) is 20.2. The number of hydrogen-bond acceptors (Lipinski definition) is 7. The lowest BCUT2D eigenvalue weighted by molar-refractivity contribution is 0.0569. The first-order valence-corrected chi connectivity index (χ1v) is 9.48. The maximum absolute atomic E-state index is 13.4. The van der Waals surface area contributed by atoms with Crippen LogP contribution in [0.5, 0.6) is 11.5 Å². The molecule has 3 aromatic rings. The highest BCUT2D eigenvalue weighted by molar-refractivity contribution is 5.97. The number of hydrogen-bond donors (Lipinski definition) is 0. The van der Waals surface area contributed by atoms with Crippen LogP contribution in [0.4, 0.5) is 0 Å². The number of ether oxygens (including phenoxy) is 2. The fraction of sp³-hybridized carbons (Fsp3) is 0.333. The van der Waals surface area contributed by atoms with Gasteiger partial charge in [0.25, 0.3) is 5.91 Å². The van der Waals surface area contributed by atoms with Crippen LogP contribution >= 0.6 is 0 Å². The number of carbonyl (C=O) groups excluding carboxylic acids is 1. The Balaban J connectivity index is 1.65. The van der Waals surface area contributed by atoms with Crippen LogP contribution in [0, 0.1) is 0 Å². The molecule has 4 rings (SSSR count). The van der Waals surface area contributed by atoms with Crippen molar-refractivity contribution in [3.8, 4) is 23.0 Å². The zero-order valence-electron chi connectivity index (χ0n) is 16.4. The summed E-state index contributed by atoms with van der Waals surface area (Å²) < 4.78 is 16.6. The van der Waals surface area contributed by atoms with Crippen LogP contribution in [-0.2, 0) is 0 Å². The third-order valence-corrected chi connectivity index (χ3v) is 5.03. The highest BCUT2D eigenvalue weighted by atomic mass is 16.5. The van der Waals surface area contributed by atoms with Crippen LogP contribution in [-0.4, -0.2) is 46.8 Å². The molecule has 1 aliphatic rings. The summed E-state index contributed by atoms with van der Waals surface area (Å²) >= 11 is 0. The minimum absolute atomic E-state index is 0.147. The van der Waals surface area contributed by atoms with E-state index < -0.39 is 0 Å². The van der Waals surface area contributed by atoms with E-state index in [1.54, 1.807) is 49.7 Å². The van der Waals surface area contributed by atoms with Gasteiger partial charge in [-0.2, -0.15) is 0 Å². The van der Waals surface area contributed by atoms with Gasteiger partial charge < -0.3 is 18.8 Å². The molecule has 29 heavy (non-hydrogen) atoms. The van der Waals surface area contributed by atoms with E-state index in [1.165, 1.54) is 0 Å². The first-order chi connectivity index (χ1) is 14.2. The number of methoxy groups -OCH3 is 2. The summed E-state index contributed by atoms with van der Waals surface area (Å²) in [5, 5.41) is 8.37. The summed E-state index contributed by atoms with van der Waals surface area (Å²) in [5.41, 5.74) is 1.19. The monoisotopic (exact) mass is 394 g/mol. The number of rotatable bonds is 5. The Morgan fingerprint density at radius 1 is 1.17 bits per heavy atom. The van der Waals surface area contributed by atoms with E-state index in [-0.39, 0.29) is 11.9 Å². The van der Waals surface area contributed by atoms with Gasteiger partial charge >= 0.3 is 0 Å². The molecule has 3 heterocycles. The van der Waals surface area contributed by atoms with Gasteiger partial charge in [0.05, 0.1) is 25.3 Å². The lowest BCUT2D eigenvalue weighted by atomic mass is 10.0. The lowest BCUT2D eigenvalue weighted by Gasteiger charge is -2.33. The quantitative estimate of drug-likeness (QED) is 0.654. The van der Waals surface area contributed by atoms with E-state index in [4.69, 9.17) is 13.9 Å². The maximum atomic E-state index is 13.4. The van der Waals surface area contributed by atoms with Crippen molar-refractivity contribution in [2.45, 2.75) is 25.3 Å². The normalized spacial score (nSPS) is 16.5. The van der Waals surface area contributed by atoms with Gasteiger partial charge in [0.2, 0.25) is 11.8 Å². The van der Waals surface area contributed by atoms with Gasteiger partial charge in [0.15, 0.2) is 0 Å². The fourth-order valence-electron chi connectivity index (χ4n) is 3.54. The van der Waals surface area contributed by atoms with Crippen molar-refractivity contribution in [2.24, 2.45) is 0 Å². The van der Waals surface area contributed by atoms with Gasteiger partial charge in [-0.25, -0.2) is 0 Å². The SMILES string of the molecule is COc1ccc(OC)c(C(=O)N2CCCCC2c2nnc(-c3cccnc3)o2)c1. The molecule has 1 aromatic carbocycles. The number of piperidine rings is 1. The van der Waals surface area contributed by atoms with Gasteiger partial charge in [-0.3, -0.25) is 9.78 Å². The third-order valence-electron chi connectivity index (χ3n) is 5.03. The molecule has 0 radical (unpaired) electrons. The van der Waals surface area contributed by atoms with Crippen LogP contribution < -0.4 is 9.47 Å². The lowest BCUT2D eigenvalue weighted by Crippen LogP contribution is -2.38. The molecule has 1 saturated heterocycles. The molecule has 150 valence electrons. The van der Waals surface area contributed by atoms with Crippen molar-refractivity contribution in [3.05, 3.63) is 54.2 Å². The van der Waals surface area contributed by atoms with Gasteiger partial charge in [0, 0.05) is 18.9 Å². The van der Waals surface area contributed by atoms with E-state index in [2.05, 4.69) is 15.2 Å². The van der Waals surface area contributed by atoms with Gasteiger partial charge in [-0.05, 0) is 49.6 Å². The summed E-state index contributed by atoms with van der Waals surface area (Å²) in [6, 6.07) is 8.58. The molecule has 1 fully saturated rings. The Kier molecular flexibility index (Phi) is 5.41. The summed E-state index contributed by atoms with van der Waals surface area (Å²) in [5.74, 6) is 1.77. The van der Waals surface area contributed by atoms with Gasteiger partial charge in [-0.15, -0.1) is 10.2 Å². The zero-order valence-corrected chi connectivity index (χ0v) is 16.4. The van der Waals surface area contributed by atoms with Crippen LogP contribution in [0.3, 0.4) is 0 Å². The molecule has 8 heteroatoms. The maximum Gasteiger partial charge on any atom is 0.258 e. The number of nitrogens with zero attached hydrogens (tertiary/aromatic N) is 4. The van der Waals surface area contributed by atoms with E-state index in [1.807, 2.05) is 12.1 Å². The Morgan fingerprint density at radius 3 is 2.83 bits per heavy atom. The van der Waals surface area contributed by atoms with E-state index in [0.717, 1.165) is 24.8 Å². The molecule has 0 bridgehead atoms. The number of pyridine rings is 1. The van der Waals surface area contributed by atoms with Crippen LogP contribution in [0.1, 0.15) is 41.6 Å². The summed E-state index contributed by atoms with van der Waals surface area (Å²) in [6.07, 6.45) is 6.01. The topological polar surface area (TPSA) is 90.6 Å². The van der Waals surface area contributed by atoms with Crippen molar-refractivity contribution in [1.82, 2.24) is 20.1 Å². The standard InChI is InChI=1S/C21H22N4O4/c1-27-15-8-9-18(28-2)16(12-15)21(26)25-11-4-3-7-17(25)20-24-23-19(29-20)14-6-5-10-22-13-14/h5-6,8-10,12-13,17H,3-4,7,11H2,1-2H3. The molecule has 2 aromatic heterocycles. The molecule has 1 aliphatic heterocycles. The molecule has 8 nitrogen and oxygen atoms in total. The van der Waals surface area contributed by atoms with E-state index >= 15 is 0 Å². The van der Waals surface area contributed by atoms with E-state index in [9.17, 15) is 4.79 Å². The fourth-order valence-corrected chi connectivity index (χ4v) is 3.54. The molecule has 0 spiro atoms. The van der Waals surface area contributed by atoms with Gasteiger partial charge in [-0.1, -0.05) is 0 Å². The molecular formula is C21H22N4O4. The summed E-state index contributed by atoms with van der Waals surface area (Å²) in [4.78, 5) is 19.3. The Morgan fingerprint density at radius 2 is 2.07 bits per heavy atom. The molecule has 0 saturated carbocycles. The van der Waals surface area contributed by atoms with Crippen molar-refractivity contribution < 1.29 is 18.7 Å². The number of carbonyl (C=O) groups is 1. The number of amides is 1. The summed E-state index contributed by atoms with van der Waals surface area (Å²) in [6.45, 7) is 0.606. The van der Waals surface area contributed by atoms with Crippen LogP contribution in [0.15, 0.2) is 47.1 Å². The average molecular weight is 394 g/mol. The van der Waals surface area contributed by atoms with Crippen molar-refractivity contribution in [3.63, 3.8) is 0 Å². The number of aromatic nitrogens is 3. The van der Waals surface area contributed by atoms with E-state index in [0.29, 0.717) is 35.4 Å². The average Bonchev–Trinajstić information content (AvgIpc) is 3.29. The second kappa shape index (κ2) is 8.30. The first-order valence-electron chi connectivity index (χ1n) is 9.48. The smallest absolute Gasteiger partial charge is 0.258 e.